The number of carbonyl (C=O) groups is 1. The lowest BCUT2D eigenvalue weighted by Crippen LogP contribution is -2.24. The molecule has 1 heterocycles. The van der Waals surface area contributed by atoms with Crippen LogP contribution in [0.1, 0.15) is 6.92 Å². The van der Waals surface area contributed by atoms with Crippen LogP contribution in [-0.4, -0.2) is 34.2 Å². The Bertz CT molecular complexity index is 636. The lowest BCUT2D eigenvalue weighted by Gasteiger charge is -2.03. The standard InChI is InChI=1S/C13H14F2N4OS3/c1-2-16-10(20)7-21-13-19-18-12(23-13)17-8-3-5-9(6-4-8)22-11(14)15/h3-6,11H,2,7H2,1H3,(H,16,20)(H,17,18). The normalized spacial score (nSPS) is 10.8. The molecule has 2 aromatic rings. The van der Waals surface area contributed by atoms with Gasteiger partial charge in [0.2, 0.25) is 11.0 Å². The first-order chi connectivity index (χ1) is 11.1. The molecule has 0 spiro atoms. The number of amides is 1. The van der Waals surface area contributed by atoms with Crippen molar-refractivity contribution < 1.29 is 13.6 Å². The van der Waals surface area contributed by atoms with Gasteiger partial charge in [0.1, 0.15) is 0 Å². The number of nitrogens with zero attached hydrogens (tertiary/aromatic N) is 2. The molecule has 10 heteroatoms. The zero-order valence-electron chi connectivity index (χ0n) is 12.1. The van der Waals surface area contributed by atoms with E-state index in [1.165, 1.54) is 23.1 Å². The number of rotatable bonds is 8. The Hall–Kier alpha value is -1.39. The molecule has 2 N–H and O–H groups in total. The molecule has 0 aliphatic rings. The molecule has 0 aliphatic heterocycles. The van der Waals surface area contributed by atoms with Crippen LogP contribution in [0.25, 0.3) is 0 Å². The predicted octanol–water partition coefficient (Wildman–Crippen LogP) is 3.82. The Balaban J connectivity index is 1.87. The summed E-state index contributed by atoms with van der Waals surface area (Å²) >= 11 is 3.15. The van der Waals surface area contributed by atoms with Crippen LogP contribution in [0.5, 0.6) is 0 Å². The fraction of sp³-hybridized carbons (Fsp3) is 0.308. The van der Waals surface area contributed by atoms with Crippen molar-refractivity contribution in [2.24, 2.45) is 0 Å². The third kappa shape index (κ3) is 6.32. The summed E-state index contributed by atoms with van der Waals surface area (Å²) in [5, 5.41) is 14.3. The Morgan fingerprint density at radius 1 is 1.30 bits per heavy atom. The first kappa shape index (κ1) is 18.0. The second kappa shape index (κ2) is 9.04. The average Bonchev–Trinajstić information content (AvgIpc) is 2.95. The maximum absolute atomic E-state index is 12.2. The number of aromatic nitrogens is 2. The van der Waals surface area contributed by atoms with Gasteiger partial charge in [0.25, 0.3) is 5.76 Å². The van der Waals surface area contributed by atoms with Crippen molar-refractivity contribution in [1.82, 2.24) is 15.5 Å². The second-order valence-electron chi connectivity index (χ2n) is 4.14. The van der Waals surface area contributed by atoms with Crippen molar-refractivity contribution in [1.29, 1.82) is 0 Å². The van der Waals surface area contributed by atoms with Crippen molar-refractivity contribution in [3.05, 3.63) is 24.3 Å². The SMILES string of the molecule is CCNC(=O)CSc1nnc(Nc2ccc(SC(F)F)cc2)s1. The van der Waals surface area contributed by atoms with E-state index in [0.29, 0.717) is 38.4 Å². The lowest BCUT2D eigenvalue weighted by molar-refractivity contribution is -0.118. The molecule has 0 saturated heterocycles. The number of nitrogens with one attached hydrogen (secondary N) is 2. The molecule has 0 radical (unpaired) electrons. The second-order valence-corrected chi connectivity index (χ2v) is 7.41. The van der Waals surface area contributed by atoms with Gasteiger partial charge in [0.05, 0.1) is 5.75 Å². The molecular weight excluding hydrogens is 362 g/mol. The van der Waals surface area contributed by atoms with Crippen molar-refractivity contribution in [2.45, 2.75) is 21.9 Å². The van der Waals surface area contributed by atoms with Crippen molar-refractivity contribution in [3.8, 4) is 0 Å². The van der Waals surface area contributed by atoms with Crippen LogP contribution >= 0.6 is 34.9 Å². The Morgan fingerprint density at radius 3 is 2.70 bits per heavy atom. The summed E-state index contributed by atoms with van der Waals surface area (Å²) in [5.74, 6) is -2.18. The predicted molar refractivity (Wildman–Crippen MR) is 90.9 cm³/mol. The highest BCUT2D eigenvalue weighted by molar-refractivity contribution is 8.01. The van der Waals surface area contributed by atoms with E-state index < -0.39 is 5.76 Å². The van der Waals surface area contributed by atoms with Crippen LogP contribution in [0.15, 0.2) is 33.5 Å². The van der Waals surface area contributed by atoms with E-state index in [1.54, 1.807) is 24.3 Å². The van der Waals surface area contributed by atoms with Crippen LogP contribution in [0.3, 0.4) is 0 Å². The summed E-state index contributed by atoms with van der Waals surface area (Å²) in [6.45, 7) is 2.46. The van der Waals surface area contributed by atoms with Gasteiger partial charge in [0.15, 0.2) is 4.34 Å². The molecule has 1 amide bonds. The summed E-state index contributed by atoms with van der Waals surface area (Å²) in [7, 11) is 0. The zero-order chi connectivity index (χ0) is 16.7. The minimum atomic E-state index is -2.43. The van der Waals surface area contributed by atoms with Crippen LogP contribution in [0.4, 0.5) is 19.6 Å². The molecule has 5 nitrogen and oxygen atoms in total. The number of anilines is 2. The summed E-state index contributed by atoms with van der Waals surface area (Å²) in [6, 6.07) is 6.64. The largest absolute Gasteiger partial charge is 0.356 e. The molecule has 0 bridgehead atoms. The average molecular weight is 376 g/mol. The maximum atomic E-state index is 12.2. The number of benzene rings is 1. The molecule has 1 aromatic heterocycles. The van der Waals surface area contributed by atoms with E-state index in [1.807, 2.05) is 6.92 Å². The Morgan fingerprint density at radius 2 is 2.04 bits per heavy atom. The van der Waals surface area contributed by atoms with E-state index in [9.17, 15) is 13.6 Å². The van der Waals surface area contributed by atoms with E-state index >= 15 is 0 Å². The van der Waals surface area contributed by atoms with Crippen molar-refractivity contribution in [2.75, 3.05) is 17.6 Å². The smallest absolute Gasteiger partial charge is 0.288 e. The van der Waals surface area contributed by atoms with E-state index in [2.05, 4.69) is 20.8 Å². The van der Waals surface area contributed by atoms with Gasteiger partial charge in [-0.05, 0) is 31.2 Å². The highest BCUT2D eigenvalue weighted by Crippen LogP contribution is 2.29. The van der Waals surface area contributed by atoms with E-state index in [4.69, 9.17) is 0 Å². The minimum Gasteiger partial charge on any atom is -0.356 e. The number of hydrogen-bond donors (Lipinski definition) is 2. The third-order valence-electron chi connectivity index (χ3n) is 2.44. The molecule has 23 heavy (non-hydrogen) atoms. The van der Waals surface area contributed by atoms with Gasteiger partial charge < -0.3 is 10.6 Å². The summed E-state index contributed by atoms with van der Waals surface area (Å²) in [4.78, 5) is 11.9. The first-order valence-corrected chi connectivity index (χ1v) is 9.30. The number of halogens is 2. The van der Waals surface area contributed by atoms with Gasteiger partial charge in [-0.15, -0.1) is 10.2 Å². The number of alkyl halides is 2. The van der Waals surface area contributed by atoms with Crippen LogP contribution in [0, 0.1) is 0 Å². The summed E-state index contributed by atoms with van der Waals surface area (Å²) in [6.07, 6.45) is 0. The number of hydrogen-bond acceptors (Lipinski definition) is 7. The molecule has 0 saturated carbocycles. The van der Waals surface area contributed by atoms with Gasteiger partial charge in [0, 0.05) is 17.1 Å². The van der Waals surface area contributed by atoms with Crippen molar-refractivity contribution >= 4 is 51.6 Å². The number of carbonyl (C=O) groups excluding carboxylic acids is 1. The molecule has 0 atom stereocenters. The molecule has 124 valence electrons. The highest BCUT2D eigenvalue weighted by atomic mass is 32.2. The van der Waals surface area contributed by atoms with Crippen LogP contribution in [0.2, 0.25) is 0 Å². The molecule has 0 unspecified atom stereocenters. The topological polar surface area (TPSA) is 66.9 Å². The summed E-state index contributed by atoms with van der Waals surface area (Å²) in [5.41, 5.74) is 0.736. The third-order valence-corrected chi connectivity index (χ3v) is 5.13. The first-order valence-electron chi connectivity index (χ1n) is 6.61. The molecule has 1 aromatic carbocycles. The lowest BCUT2D eigenvalue weighted by atomic mass is 10.3. The van der Waals surface area contributed by atoms with E-state index in [-0.39, 0.29) is 5.91 Å². The maximum Gasteiger partial charge on any atom is 0.288 e. The number of thioether (sulfide) groups is 2. The Kier molecular flexibility index (Phi) is 7.06. The summed E-state index contributed by atoms with van der Waals surface area (Å²) < 4.78 is 25.2. The molecule has 0 aliphatic carbocycles. The van der Waals surface area contributed by atoms with Gasteiger partial charge in [-0.25, -0.2) is 0 Å². The molecule has 0 fully saturated rings. The quantitative estimate of drug-likeness (QED) is 0.683. The van der Waals surface area contributed by atoms with Crippen LogP contribution in [-0.2, 0) is 4.79 Å². The minimum absolute atomic E-state index is 0.0469. The fourth-order valence-corrected chi connectivity index (χ4v) is 3.64. The fourth-order valence-electron chi connectivity index (χ4n) is 1.54. The van der Waals surface area contributed by atoms with Crippen molar-refractivity contribution in [3.63, 3.8) is 0 Å². The zero-order valence-corrected chi connectivity index (χ0v) is 14.5. The van der Waals surface area contributed by atoms with Gasteiger partial charge in [-0.3, -0.25) is 4.79 Å². The van der Waals surface area contributed by atoms with E-state index in [0.717, 1.165) is 5.69 Å². The van der Waals surface area contributed by atoms with Gasteiger partial charge >= 0.3 is 0 Å². The van der Waals surface area contributed by atoms with Gasteiger partial charge in [-0.1, -0.05) is 34.9 Å². The van der Waals surface area contributed by atoms with Crippen LogP contribution < -0.4 is 10.6 Å². The highest BCUT2D eigenvalue weighted by Gasteiger charge is 2.09. The Labute approximate surface area is 144 Å². The molecule has 2 rings (SSSR count). The van der Waals surface area contributed by atoms with Gasteiger partial charge in [-0.2, -0.15) is 8.78 Å². The monoisotopic (exact) mass is 376 g/mol. The molecular formula is C13H14F2N4OS3.